The molecule has 2 saturated carbocycles. The van der Waals surface area contributed by atoms with E-state index < -0.39 is 0 Å². The van der Waals surface area contributed by atoms with E-state index in [1.165, 1.54) is 49.7 Å². The highest BCUT2D eigenvalue weighted by Gasteiger charge is 2.63. The first kappa shape index (κ1) is 32.0. The average Bonchev–Trinajstić information content (AvgIpc) is 3.57. The van der Waals surface area contributed by atoms with E-state index in [1.54, 1.807) is 0 Å². The van der Waals surface area contributed by atoms with E-state index in [0.29, 0.717) is 5.92 Å². The fourth-order valence-electron chi connectivity index (χ4n) is 6.68. The van der Waals surface area contributed by atoms with Crippen LogP contribution in [0, 0.1) is 11.8 Å². The van der Waals surface area contributed by atoms with Crippen LogP contribution in [0.3, 0.4) is 0 Å². The summed E-state index contributed by atoms with van der Waals surface area (Å²) in [4.78, 5) is 10.2. The fourth-order valence-corrected chi connectivity index (χ4v) is 6.68. The molecule has 230 valence electrons. The largest absolute Gasteiger partial charge is 0.402 e. The van der Waals surface area contributed by atoms with Crippen LogP contribution < -0.4 is 21.7 Å². The maximum Gasteiger partial charge on any atom is 0.124 e. The van der Waals surface area contributed by atoms with E-state index in [-0.39, 0.29) is 11.6 Å². The predicted octanol–water partition coefficient (Wildman–Crippen LogP) is 3.69. The topological polar surface area (TPSA) is 90.2 Å². The van der Waals surface area contributed by atoms with E-state index >= 15 is 0 Å². The van der Waals surface area contributed by atoms with Crippen molar-refractivity contribution < 1.29 is 4.74 Å². The summed E-state index contributed by atoms with van der Waals surface area (Å²) < 4.78 is 5.54. The van der Waals surface area contributed by atoms with Crippen molar-refractivity contribution in [3.8, 4) is 0 Å². The summed E-state index contributed by atoms with van der Waals surface area (Å²) in [5, 5.41) is 11.1. The van der Waals surface area contributed by atoms with Crippen molar-refractivity contribution in [3.63, 3.8) is 0 Å². The molecule has 3 atom stereocenters. The normalized spacial score (nSPS) is 25.9. The molecule has 1 aromatic carbocycles. The minimum atomic E-state index is -0.381. The minimum absolute atomic E-state index is 0.154. The van der Waals surface area contributed by atoms with Crippen molar-refractivity contribution in [1.82, 2.24) is 25.8 Å². The number of nitrogens with zero attached hydrogens (tertiary/aromatic N) is 3. The molecule has 1 aromatic rings. The zero-order valence-electron chi connectivity index (χ0n) is 26.1. The molecule has 0 amide bonds. The molecule has 4 rings (SSSR count). The number of ether oxygens (including phenoxy) is 1. The van der Waals surface area contributed by atoms with Crippen LogP contribution >= 0.6 is 0 Å². The van der Waals surface area contributed by atoms with Crippen molar-refractivity contribution in [2.45, 2.75) is 84.1 Å². The van der Waals surface area contributed by atoms with Crippen LogP contribution in [-0.4, -0.2) is 86.4 Å². The summed E-state index contributed by atoms with van der Waals surface area (Å²) in [5.74, 6) is 1.56. The molecule has 0 radical (unpaired) electrons. The number of hydrogen-bond acceptors (Lipinski definition) is 7. The first-order chi connectivity index (χ1) is 19.9. The molecule has 1 saturated heterocycles. The molecule has 3 unspecified atom stereocenters. The second kappa shape index (κ2) is 16.0. The molecule has 3 fully saturated rings. The second-order valence-electron chi connectivity index (χ2n) is 12.3. The maximum absolute atomic E-state index is 6.25. The lowest BCUT2D eigenvalue weighted by molar-refractivity contribution is 0.0958. The van der Waals surface area contributed by atoms with Crippen LogP contribution in [0.5, 0.6) is 0 Å². The van der Waals surface area contributed by atoms with E-state index in [9.17, 15) is 0 Å². The summed E-state index contributed by atoms with van der Waals surface area (Å²) in [6.45, 7) is 21.0. The van der Waals surface area contributed by atoms with Gasteiger partial charge in [0.05, 0.1) is 12.4 Å². The van der Waals surface area contributed by atoms with Gasteiger partial charge in [0.15, 0.2) is 0 Å². The molecule has 0 spiro atoms. The standard InChI is InChI=1S/C33H57N7O/c1-5-41-23-22-39-18-20-40(21-19-39)28(4)38-33(26(2)32(33)27(3)34)37-25-30-14-12-29(13-15-30)24-35-16-9-17-36-31-10-7-6-8-11-31/h12-15,26,31-32,35-37H,3,5-11,16-25,34H2,1-2,4H3. The minimum Gasteiger partial charge on any atom is -0.402 e. The Morgan fingerprint density at radius 2 is 1.73 bits per heavy atom. The lowest BCUT2D eigenvalue weighted by Crippen LogP contribution is -2.49. The Balaban J connectivity index is 1.22. The molecular formula is C33H57N7O. The van der Waals surface area contributed by atoms with Gasteiger partial charge >= 0.3 is 0 Å². The van der Waals surface area contributed by atoms with Crippen LogP contribution in [0.15, 0.2) is 41.5 Å². The second-order valence-corrected chi connectivity index (χ2v) is 12.3. The Labute approximate surface area is 249 Å². The summed E-state index contributed by atoms with van der Waals surface area (Å²) in [7, 11) is 0. The molecule has 3 aliphatic rings. The van der Waals surface area contributed by atoms with Gasteiger partial charge < -0.3 is 26.0 Å². The van der Waals surface area contributed by atoms with Crippen molar-refractivity contribution in [3.05, 3.63) is 47.7 Å². The summed E-state index contributed by atoms with van der Waals surface area (Å²) >= 11 is 0. The van der Waals surface area contributed by atoms with Crippen molar-refractivity contribution in [1.29, 1.82) is 0 Å². The van der Waals surface area contributed by atoms with Crippen molar-refractivity contribution in [2.24, 2.45) is 22.6 Å². The molecule has 41 heavy (non-hydrogen) atoms. The smallest absolute Gasteiger partial charge is 0.124 e. The zero-order chi connectivity index (χ0) is 29.1. The third-order valence-corrected chi connectivity index (χ3v) is 9.39. The first-order valence-corrected chi connectivity index (χ1v) is 16.3. The Bertz CT molecular complexity index is 953. The predicted molar refractivity (Wildman–Crippen MR) is 171 cm³/mol. The number of aliphatic imine (C=N–C) groups is 1. The molecule has 0 bridgehead atoms. The van der Waals surface area contributed by atoms with Gasteiger partial charge in [-0.25, -0.2) is 4.99 Å². The first-order valence-electron chi connectivity index (χ1n) is 16.3. The average molecular weight is 568 g/mol. The summed E-state index contributed by atoms with van der Waals surface area (Å²) in [6.07, 6.45) is 8.09. The monoisotopic (exact) mass is 567 g/mol. The molecule has 8 heteroatoms. The fraction of sp³-hybridized carbons (Fsp3) is 0.727. The van der Waals surface area contributed by atoms with Crippen LogP contribution in [0.1, 0.15) is 70.4 Å². The van der Waals surface area contributed by atoms with Crippen molar-refractivity contribution in [2.75, 3.05) is 59.0 Å². The summed E-state index contributed by atoms with van der Waals surface area (Å²) in [5.41, 5.74) is 9.18. The Morgan fingerprint density at radius 3 is 2.37 bits per heavy atom. The zero-order valence-corrected chi connectivity index (χ0v) is 26.1. The van der Waals surface area contributed by atoms with E-state index in [1.807, 2.05) is 0 Å². The molecular weight excluding hydrogens is 510 g/mol. The van der Waals surface area contributed by atoms with Gasteiger partial charge in [0.2, 0.25) is 0 Å². The Hall–Kier alpha value is -1.97. The van der Waals surface area contributed by atoms with Gasteiger partial charge in [0.1, 0.15) is 5.66 Å². The summed E-state index contributed by atoms with van der Waals surface area (Å²) in [6, 6.07) is 9.71. The number of hydrogen-bond donors (Lipinski definition) is 4. The molecule has 8 nitrogen and oxygen atoms in total. The molecule has 2 aliphatic carbocycles. The van der Waals surface area contributed by atoms with E-state index in [2.05, 4.69) is 77.4 Å². The van der Waals surface area contributed by atoms with Gasteiger partial charge in [-0.05, 0) is 57.3 Å². The highest BCUT2D eigenvalue weighted by Crippen LogP contribution is 2.54. The van der Waals surface area contributed by atoms with Gasteiger partial charge in [-0.3, -0.25) is 10.2 Å². The third-order valence-electron chi connectivity index (χ3n) is 9.39. The maximum atomic E-state index is 6.25. The number of benzene rings is 1. The van der Waals surface area contributed by atoms with Crippen LogP contribution in [-0.2, 0) is 17.8 Å². The SMILES string of the molecule is C=C(N)C1C(C)C1(N=C(C)N1CCN(CCOCC)CC1)NCc1ccc(CNCCCNC2CCCCC2)cc1. The highest BCUT2D eigenvalue weighted by molar-refractivity contribution is 5.80. The van der Waals surface area contributed by atoms with Gasteiger partial charge in [-0.15, -0.1) is 0 Å². The van der Waals surface area contributed by atoms with Gasteiger partial charge in [0, 0.05) is 76.0 Å². The van der Waals surface area contributed by atoms with E-state index in [4.69, 9.17) is 15.5 Å². The van der Waals surface area contributed by atoms with Crippen LogP contribution in [0.2, 0.25) is 0 Å². The van der Waals surface area contributed by atoms with Crippen LogP contribution in [0.25, 0.3) is 0 Å². The number of amidine groups is 1. The van der Waals surface area contributed by atoms with Gasteiger partial charge in [-0.1, -0.05) is 57.0 Å². The number of piperazine rings is 1. The molecule has 5 N–H and O–H groups in total. The number of nitrogens with two attached hydrogens (primary N) is 1. The van der Waals surface area contributed by atoms with Gasteiger partial charge in [-0.2, -0.15) is 0 Å². The molecule has 0 aromatic heterocycles. The highest BCUT2D eigenvalue weighted by atomic mass is 16.5. The van der Waals surface area contributed by atoms with Gasteiger partial charge in [0.25, 0.3) is 0 Å². The molecule has 1 aliphatic heterocycles. The Morgan fingerprint density at radius 1 is 1.05 bits per heavy atom. The number of nitrogens with one attached hydrogen (secondary N) is 3. The Kier molecular flexibility index (Phi) is 12.5. The lowest BCUT2D eigenvalue weighted by atomic mass is 9.95. The van der Waals surface area contributed by atoms with Crippen molar-refractivity contribution >= 4 is 5.84 Å². The number of rotatable bonds is 16. The lowest BCUT2D eigenvalue weighted by Gasteiger charge is -2.36. The quantitative estimate of drug-likeness (QED) is 0.138. The third kappa shape index (κ3) is 9.26. The van der Waals surface area contributed by atoms with Crippen LogP contribution in [0.4, 0.5) is 0 Å². The molecule has 1 heterocycles. The van der Waals surface area contributed by atoms with E-state index in [0.717, 1.165) is 89.7 Å².